The molecule has 0 heterocycles. The zero-order valence-corrected chi connectivity index (χ0v) is 8.11. The summed E-state index contributed by atoms with van der Waals surface area (Å²) in [4.78, 5) is 8.61. The summed E-state index contributed by atoms with van der Waals surface area (Å²) in [6, 6.07) is 5.68. The molecule has 0 saturated heterocycles. The number of phosphoric acid groups is 1. The van der Waals surface area contributed by atoms with E-state index in [0.717, 1.165) is 0 Å². The van der Waals surface area contributed by atoms with Gasteiger partial charge in [0.05, 0.1) is 7.11 Å². The molecule has 7 heteroatoms. The van der Waals surface area contributed by atoms with Crippen molar-refractivity contribution < 1.29 is 28.0 Å². The van der Waals surface area contributed by atoms with Crippen LogP contribution in [0.15, 0.2) is 24.3 Å². The predicted octanol–water partition coefficient (Wildman–Crippen LogP) is 2.08. The Morgan fingerprint density at radius 3 is 2.21 bits per heavy atom. The van der Waals surface area contributed by atoms with Gasteiger partial charge in [0.1, 0.15) is 11.5 Å². The largest absolute Gasteiger partial charge is 0.559 e. The van der Waals surface area contributed by atoms with Gasteiger partial charge < -0.3 is 9.26 Å². The summed E-state index contributed by atoms with van der Waals surface area (Å²) >= 11 is 0. The van der Waals surface area contributed by atoms with Crippen LogP contribution in [0.1, 0.15) is 0 Å². The van der Waals surface area contributed by atoms with Crippen molar-refractivity contribution in [1.82, 2.24) is 0 Å². The molecule has 0 spiro atoms. The first-order valence-corrected chi connectivity index (χ1v) is 5.04. The maximum atomic E-state index is 11.4. The molecule has 0 fully saturated rings. The van der Waals surface area contributed by atoms with E-state index in [1.165, 1.54) is 31.4 Å². The van der Waals surface area contributed by atoms with Gasteiger partial charge >= 0.3 is 7.82 Å². The molecule has 5 nitrogen and oxygen atoms in total. The standard InChI is InChI=1S/C7H8FO5P/c1-11-6-2-4-7(5-3-6)12-14(9,10)13-8/h2-5H,1H3,(H,9,10). The maximum Gasteiger partial charge on any atom is 0.559 e. The monoisotopic (exact) mass is 222 g/mol. The SMILES string of the molecule is COc1ccc(OP(=O)(O)OF)cc1. The van der Waals surface area contributed by atoms with Crippen molar-refractivity contribution in [2.75, 3.05) is 7.11 Å². The zero-order valence-electron chi connectivity index (χ0n) is 7.21. The van der Waals surface area contributed by atoms with Crippen LogP contribution in [-0.2, 0) is 9.29 Å². The molecular weight excluding hydrogens is 214 g/mol. The molecule has 0 aliphatic carbocycles. The molecule has 0 amide bonds. The molecule has 1 unspecified atom stereocenters. The highest BCUT2D eigenvalue weighted by Gasteiger charge is 2.23. The third-order valence-corrected chi connectivity index (χ3v) is 1.98. The Balaban J connectivity index is 2.74. The lowest BCUT2D eigenvalue weighted by molar-refractivity contribution is -0.0363. The average molecular weight is 222 g/mol. The zero-order chi connectivity index (χ0) is 10.6. The van der Waals surface area contributed by atoms with Crippen LogP contribution in [0.3, 0.4) is 0 Å². The van der Waals surface area contributed by atoms with Gasteiger partial charge in [0, 0.05) is 0 Å². The number of methoxy groups -OCH3 is 1. The highest BCUT2D eigenvalue weighted by molar-refractivity contribution is 7.47. The number of phosphoric ester groups is 1. The fraction of sp³-hybridized carbons (Fsp3) is 0.143. The Morgan fingerprint density at radius 1 is 1.29 bits per heavy atom. The maximum absolute atomic E-state index is 11.4. The fourth-order valence-corrected chi connectivity index (χ4v) is 1.20. The summed E-state index contributed by atoms with van der Waals surface area (Å²) in [5.74, 6) is 0.556. The molecule has 0 aromatic heterocycles. The highest BCUT2D eigenvalue weighted by atomic mass is 31.2. The summed E-state index contributed by atoms with van der Waals surface area (Å²) in [6.45, 7) is 0. The second-order valence-corrected chi connectivity index (χ2v) is 3.56. The van der Waals surface area contributed by atoms with Crippen molar-refractivity contribution in [3.8, 4) is 11.5 Å². The molecule has 0 aliphatic heterocycles. The number of rotatable bonds is 4. The summed E-state index contributed by atoms with van der Waals surface area (Å²) < 4.78 is 33.9. The van der Waals surface area contributed by atoms with Gasteiger partial charge in [-0.05, 0) is 28.8 Å². The van der Waals surface area contributed by atoms with Crippen LogP contribution in [0.5, 0.6) is 11.5 Å². The van der Waals surface area contributed by atoms with Crippen molar-refractivity contribution >= 4 is 7.82 Å². The van der Waals surface area contributed by atoms with E-state index in [4.69, 9.17) is 9.63 Å². The summed E-state index contributed by atoms with van der Waals surface area (Å²) in [6.07, 6.45) is 0. The van der Waals surface area contributed by atoms with Crippen LogP contribution in [0.25, 0.3) is 0 Å². The van der Waals surface area contributed by atoms with Crippen molar-refractivity contribution in [3.63, 3.8) is 0 Å². The predicted molar refractivity (Wildman–Crippen MR) is 45.6 cm³/mol. The molecule has 0 bridgehead atoms. The van der Waals surface area contributed by atoms with E-state index < -0.39 is 7.82 Å². The lowest BCUT2D eigenvalue weighted by atomic mass is 10.3. The molecule has 0 aliphatic rings. The first kappa shape index (κ1) is 11.0. The van der Waals surface area contributed by atoms with Gasteiger partial charge in [-0.25, -0.2) is 4.57 Å². The van der Waals surface area contributed by atoms with E-state index in [9.17, 15) is 9.09 Å². The molecular formula is C7H8FO5P. The van der Waals surface area contributed by atoms with Crippen LogP contribution in [-0.4, -0.2) is 12.0 Å². The van der Waals surface area contributed by atoms with Crippen molar-refractivity contribution in [2.45, 2.75) is 0 Å². The van der Waals surface area contributed by atoms with E-state index in [2.05, 4.69) is 9.25 Å². The lowest BCUT2D eigenvalue weighted by Gasteiger charge is -2.07. The Labute approximate surface area is 79.5 Å². The minimum atomic E-state index is -4.63. The van der Waals surface area contributed by atoms with Crippen LogP contribution >= 0.6 is 7.82 Å². The summed E-state index contributed by atoms with van der Waals surface area (Å²) in [5.41, 5.74) is 0. The van der Waals surface area contributed by atoms with Crippen LogP contribution in [0, 0.1) is 0 Å². The van der Waals surface area contributed by atoms with Gasteiger partial charge in [0.25, 0.3) is 0 Å². The third-order valence-electron chi connectivity index (χ3n) is 1.37. The van der Waals surface area contributed by atoms with Crippen molar-refractivity contribution in [3.05, 3.63) is 24.3 Å². The topological polar surface area (TPSA) is 65.0 Å². The fourth-order valence-electron chi connectivity index (χ4n) is 0.784. The quantitative estimate of drug-likeness (QED) is 0.790. The Kier molecular flexibility index (Phi) is 3.46. The van der Waals surface area contributed by atoms with E-state index in [1.807, 2.05) is 0 Å². The minimum absolute atomic E-state index is 0.00860. The van der Waals surface area contributed by atoms with Crippen LogP contribution < -0.4 is 9.26 Å². The summed E-state index contributed by atoms with van der Waals surface area (Å²) in [7, 11) is -3.16. The van der Waals surface area contributed by atoms with Gasteiger partial charge in [-0.1, -0.05) is 4.73 Å². The number of halogens is 1. The first-order chi connectivity index (χ1) is 6.57. The van der Waals surface area contributed by atoms with E-state index >= 15 is 0 Å². The Bertz CT molecular complexity index is 338. The molecule has 1 rings (SSSR count). The Morgan fingerprint density at radius 2 is 1.79 bits per heavy atom. The first-order valence-electron chi connectivity index (χ1n) is 3.54. The second-order valence-electron chi connectivity index (χ2n) is 2.30. The van der Waals surface area contributed by atoms with Gasteiger partial charge in [-0.2, -0.15) is 0 Å². The minimum Gasteiger partial charge on any atom is -0.497 e. The highest BCUT2D eigenvalue weighted by Crippen LogP contribution is 2.44. The average Bonchev–Trinajstić information content (AvgIpc) is 2.19. The van der Waals surface area contributed by atoms with Gasteiger partial charge in [0.15, 0.2) is 0 Å². The molecule has 1 atom stereocenters. The summed E-state index contributed by atoms with van der Waals surface area (Å²) in [5, 5.41) is 0. The molecule has 78 valence electrons. The normalized spacial score (nSPS) is 14.5. The number of hydrogen-bond donors (Lipinski definition) is 1. The van der Waals surface area contributed by atoms with Crippen molar-refractivity contribution in [2.24, 2.45) is 0 Å². The van der Waals surface area contributed by atoms with E-state index in [-0.39, 0.29) is 5.75 Å². The molecule has 1 aromatic carbocycles. The number of ether oxygens (including phenoxy) is 1. The molecule has 0 saturated carbocycles. The van der Waals surface area contributed by atoms with Crippen LogP contribution in [0.4, 0.5) is 4.53 Å². The third kappa shape index (κ3) is 2.99. The molecule has 0 radical (unpaired) electrons. The van der Waals surface area contributed by atoms with Gasteiger partial charge in [-0.3, -0.25) is 4.89 Å². The number of hydrogen-bond acceptors (Lipinski definition) is 4. The van der Waals surface area contributed by atoms with Crippen molar-refractivity contribution in [1.29, 1.82) is 0 Å². The van der Waals surface area contributed by atoms with Gasteiger partial charge in [0.2, 0.25) is 0 Å². The van der Waals surface area contributed by atoms with E-state index in [1.54, 1.807) is 0 Å². The molecule has 1 N–H and O–H groups in total. The van der Waals surface area contributed by atoms with Crippen LogP contribution in [0.2, 0.25) is 0 Å². The second kappa shape index (κ2) is 4.41. The smallest absolute Gasteiger partial charge is 0.497 e. The molecule has 14 heavy (non-hydrogen) atoms. The van der Waals surface area contributed by atoms with E-state index in [0.29, 0.717) is 5.75 Å². The van der Waals surface area contributed by atoms with Gasteiger partial charge in [-0.15, -0.1) is 0 Å². The number of benzene rings is 1. The lowest BCUT2D eigenvalue weighted by Crippen LogP contribution is -1.91. The molecule has 1 aromatic rings. The Hall–Kier alpha value is -1.10.